The van der Waals surface area contributed by atoms with Crippen LogP contribution in [0.3, 0.4) is 0 Å². The summed E-state index contributed by atoms with van der Waals surface area (Å²) in [7, 11) is 1.68. The molecule has 2 aliphatic rings. The van der Waals surface area contributed by atoms with Crippen molar-refractivity contribution in [3.8, 4) is 0 Å². The molecule has 1 aromatic rings. The molecule has 2 saturated heterocycles. The van der Waals surface area contributed by atoms with E-state index in [1.165, 1.54) is 0 Å². The first-order valence-corrected chi connectivity index (χ1v) is 9.54. The average molecular weight is 361 g/mol. The van der Waals surface area contributed by atoms with Crippen LogP contribution in [0.15, 0.2) is 24.3 Å². The highest BCUT2D eigenvalue weighted by molar-refractivity contribution is 5.69. The van der Waals surface area contributed by atoms with Crippen molar-refractivity contribution in [2.45, 2.75) is 82.8 Å². The van der Waals surface area contributed by atoms with Crippen LogP contribution in [0.4, 0.5) is 4.79 Å². The maximum absolute atomic E-state index is 12.7. The van der Waals surface area contributed by atoms with Crippen LogP contribution in [-0.2, 0) is 21.7 Å². The number of methoxy groups -OCH3 is 1. The largest absolute Gasteiger partial charge is 0.444 e. The average Bonchev–Trinajstić information content (AvgIpc) is 2.53. The molecule has 144 valence electrons. The smallest absolute Gasteiger partial charge is 0.410 e. The summed E-state index contributed by atoms with van der Waals surface area (Å²) in [6.45, 7) is 6.24. The van der Waals surface area contributed by atoms with Gasteiger partial charge >= 0.3 is 6.09 Å². The first-order valence-electron chi connectivity index (χ1n) is 9.54. The number of aliphatic hydroxyl groups is 1. The molecule has 2 aliphatic heterocycles. The number of carbonyl (C=O) groups excluding carboxylic acids is 1. The number of piperidine rings is 2. The molecule has 1 N–H and O–H groups in total. The van der Waals surface area contributed by atoms with Crippen LogP contribution >= 0.6 is 0 Å². The van der Waals surface area contributed by atoms with Crippen molar-refractivity contribution in [2.75, 3.05) is 7.11 Å². The number of amides is 1. The van der Waals surface area contributed by atoms with Crippen molar-refractivity contribution in [2.24, 2.45) is 0 Å². The number of benzene rings is 1. The highest BCUT2D eigenvalue weighted by Crippen LogP contribution is 2.44. The lowest BCUT2D eigenvalue weighted by Crippen LogP contribution is -2.59. The monoisotopic (exact) mass is 361 g/mol. The predicted molar refractivity (Wildman–Crippen MR) is 99.8 cm³/mol. The molecular formula is C21H31NO4. The van der Waals surface area contributed by atoms with E-state index in [0.29, 0.717) is 19.4 Å². The lowest BCUT2D eigenvalue weighted by molar-refractivity contribution is -0.0965. The van der Waals surface area contributed by atoms with Gasteiger partial charge < -0.3 is 19.5 Å². The van der Waals surface area contributed by atoms with E-state index in [0.717, 1.165) is 30.4 Å². The molecule has 2 atom stereocenters. The quantitative estimate of drug-likeness (QED) is 0.885. The van der Waals surface area contributed by atoms with E-state index in [1.54, 1.807) is 7.11 Å². The normalized spacial score (nSPS) is 28.7. The minimum absolute atomic E-state index is 0.0287. The van der Waals surface area contributed by atoms with Crippen LogP contribution in [-0.4, -0.2) is 40.9 Å². The summed E-state index contributed by atoms with van der Waals surface area (Å²) < 4.78 is 10.8. The topological polar surface area (TPSA) is 59.0 Å². The van der Waals surface area contributed by atoms with Gasteiger partial charge in [0, 0.05) is 32.0 Å². The van der Waals surface area contributed by atoms with Crippen molar-refractivity contribution in [3.05, 3.63) is 35.4 Å². The molecule has 5 nitrogen and oxygen atoms in total. The van der Waals surface area contributed by atoms with Gasteiger partial charge in [0.1, 0.15) is 5.60 Å². The highest BCUT2D eigenvalue weighted by Gasteiger charge is 2.49. The molecule has 0 radical (unpaired) electrons. The Balaban J connectivity index is 1.79. The Kier molecular flexibility index (Phi) is 5.31. The van der Waals surface area contributed by atoms with E-state index in [9.17, 15) is 9.90 Å². The third-order valence-corrected chi connectivity index (χ3v) is 5.41. The molecule has 0 saturated carbocycles. The van der Waals surface area contributed by atoms with Gasteiger partial charge in [-0.05, 0) is 51.2 Å². The highest BCUT2D eigenvalue weighted by atomic mass is 16.6. The van der Waals surface area contributed by atoms with Gasteiger partial charge in [-0.3, -0.25) is 0 Å². The number of carbonyl (C=O) groups is 1. The lowest BCUT2D eigenvalue weighted by atomic mass is 9.72. The molecule has 2 fully saturated rings. The fraction of sp³-hybridized carbons (Fsp3) is 0.667. The number of hydrogen-bond donors (Lipinski definition) is 1. The zero-order valence-corrected chi connectivity index (χ0v) is 16.3. The van der Waals surface area contributed by atoms with Gasteiger partial charge in [0.05, 0.1) is 12.2 Å². The van der Waals surface area contributed by atoms with Gasteiger partial charge in [-0.1, -0.05) is 24.3 Å². The van der Waals surface area contributed by atoms with Crippen molar-refractivity contribution < 1.29 is 19.4 Å². The second-order valence-corrected chi connectivity index (χ2v) is 8.70. The van der Waals surface area contributed by atoms with Crippen molar-refractivity contribution >= 4 is 6.09 Å². The number of hydrogen-bond acceptors (Lipinski definition) is 4. The van der Waals surface area contributed by atoms with Crippen molar-refractivity contribution in [1.29, 1.82) is 0 Å². The van der Waals surface area contributed by atoms with Crippen LogP contribution in [0, 0.1) is 0 Å². The number of rotatable bonds is 3. The SMILES string of the molecule is COCc1ccc(C2(O)CC3CCCC(C2)N3C(=O)OC(C)(C)C)cc1. The Morgan fingerprint density at radius 1 is 1.19 bits per heavy atom. The Morgan fingerprint density at radius 3 is 2.27 bits per heavy atom. The Morgan fingerprint density at radius 2 is 1.77 bits per heavy atom. The maximum Gasteiger partial charge on any atom is 0.410 e. The van der Waals surface area contributed by atoms with Crippen LogP contribution in [0.5, 0.6) is 0 Å². The molecule has 2 bridgehead atoms. The summed E-state index contributed by atoms with van der Waals surface area (Å²) in [6.07, 6.45) is 3.81. The lowest BCUT2D eigenvalue weighted by Gasteiger charge is -2.51. The maximum atomic E-state index is 12.7. The molecule has 3 rings (SSSR count). The van der Waals surface area contributed by atoms with Crippen LogP contribution in [0.25, 0.3) is 0 Å². The molecule has 0 aromatic heterocycles. The van der Waals surface area contributed by atoms with Gasteiger partial charge in [-0.2, -0.15) is 0 Å². The first-order chi connectivity index (χ1) is 12.2. The summed E-state index contributed by atoms with van der Waals surface area (Å²) in [6, 6.07) is 8.06. The van der Waals surface area contributed by atoms with Crippen molar-refractivity contribution in [1.82, 2.24) is 4.90 Å². The molecule has 1 amide bonds. The van der Waals surface area contributed by atoms with E-state index in [1.807, 2.05) is 49.9 Å². The second kappa shape index (κ2) is 7.20. The van der Waals surface area contributed by atoms with Gasteiger partial charge in [0.2, 0.25) is 0 Å². The fourth-order valence-electron chi connectivity index (χ4n) is 4.36. The molecule has 0 spiro atoms. The standard InChI is InChI=1S/C21H31NO4/c1-20(2,3)26-19(23)22-17-6-5-7-18(22)13-21(24,12-17)16-10-8-15(9-11-16)14-25-4/h8-11,17-18,24H,5-7,12-14H2,1-4H3. The Bertz CT molecular complexity index is 620. The summed E-state index contributed by atoms with van der Waals surface area (Å²) >= 11 is 0. The third kappa shape index (κ3) is 4.04. The summed E-state index contributed by atoms with van der Waals surface area (Å²) in [4.78, 5) is 14.6. The van der Waals surface area contributed by atoms with Crippen LogP contribution in [0.2, 0.25) is 0 Å². The van der Waals surface area contributed by atoms with Crippen LogP contribution in [0.1, 0.15) is 64.0 Å². The molecule has 26 heavy (non-hydrogen) atoms. The minimum Gasteiger partial charge on any atom is -0.444 e. The molecule has 5 heteroatoms. The van der Waals surface area contributed by atoms with Gasteiger partial charge in [-0.25, -0.2) is 4.79 Å². The molecular weight excluding hydrogens is 330 g/mol. The van der Waals surface area contributed by atoms with Gasteiger partial charge in [0.15, 0.2) is 0 Å². The van der Waals surface area contributed by atoms with E-state index in [-0.39, 0.29) is 18.2 Å². The van der Waals surface area contributed by atoms with Gasteiger partial charge in [-0.15, -0.1) is 0 Å². The zero-order chi connectivity index (χ0) is 18.9. The van der Waals surface area contributed by atoms with Gasteiger partial charge in [0.25, 0.3) is 0 Å². The molecule has 0 aliphatic carbocycles. The zero-order valence-electron chi connectivity index (χ0n) is 16.3. The molecule has 2 heterocycles. The third-order valence-electron chi connectivity index (χ3n) is 5.41. The summed E-state index contributed by atoms with van der Waals surface area (Å²) in [5.74, 6) is 0. The van der Waals surface area contributed by atoms with E-state index < -0.39 is 11.2 Å². The number of nitrogens with zero attached hydrogens (tertiary/aromatic N) is 1. The molecule has 2 unspecified atom stereocenters. The number of ether oxygens (including phenoxy) is 2. The predicted octanol–water partition coefficient (Wildman–Crippen LogP) is 3.97. The Labute approximate surface area is 156 Å². The molecule has 1 aromatic carbocycles. The first kappa shape index (κ1) is 19.2. The minimum atomic E-state index is -0.889. The summed E-state index contributed by atoms with van der Waals surface area (Å²) in [5, 5.41) is 11.4. The van der Waals surface area contributed by atoms with E-state index >= 15 is 0 Å². The summed E-state index contributed by atoms with van der Waals surface area (Å²) in [5.41, 5.74) is 0.625. The second-order valence-electron chi connectivity index (χ2n) is 8.70. The van der Waals surface area contributed by atoms with Crippen LogP contribution < -0.4 is 0 Å². The van der Waals surface area contributed by atoms with Crippen molar-refractivity contribution in [3.63, 3.8) is 0 Å². The fourth-order valence-corrected chi connectivity index (χ4v) is 4.36. The van der Waals surface area contributed by atoms with E-state index in [4.69, 9.17) is 9.47 Å². The number of fused-ring (bicyclic) bond motifs is 2. The Hall–Kier alpha value is -1.59. The van der Waals surface area contributed by atoms with E-state index in [2.05, 4.69) is 0 Å².